The van der Waals surface area contributed by atoms with E-state index in [0.717, 1.165) is 11.3 Å². The molecule has 2 N–H and O–H groups in total. The van der Waals surface area contributed by atoms with Gasteiger partial charge in [-0.1, -0.05) is 0 Å². The molecule has 0 saturated heterocycles. The quantitative estimate of drug-likeness (QED) is 0.819. The third-order valence-corrected chi connectivity index (χ3v) is 3.34. The van der Waals surface area contributed by atoms with Crippen molar-refractivity contribution in [2.24, 2.45) is 0 Å². The van der Waals surface area contributed by atoms with Gasteiger partial charge >= 0.3 is 0 Å². The summed E-state index contributed by atoms with van der Waals surface area (Å²) in [5.74, 6) is 1.91. The average molecular weight is 291 g/mol. The van der Waals surface area contributed by atoms with E-state index in [2.05, 4.69) is 22.4 Å². The van der Waals surface area contributed by atoms with Gasteiger partial charge in [-0.25, -0.2) is 0 Å². The van der Waals surface area contributed by atoms with Crippen molar-refractivity contribution in [1.82, 2.24) is 15.5 Å². The molecule has 1 aromatic carbocycles. The highest BCUT2D eigenvalue weighted by Crippen LogP contribution is 2.39. The molecule has 0 spiro atoms. The first-order valence-corrected chi connectivity index (χ1v) is 6.71. The van der Waals surface area contributed by atoms with E-state index in [1.807, 2.05) is 18.2 Å². The van der Waals surface area contributed by atoms with Crippen molar-refractivity contribution in [2.75, 3.05) is 21.3 Å². The summed E-state index contributed by atoms with van der Waals surface area (Å²) in [4.78, 5) is 0. The Morgan fingerprint density at radius 2 is 1.81 bits per heavy atom. The lowest BCUT2D eigenvalue weighted by Crippen LogP contribution is -2.18. The second kappa shape index (κ2) is 6.99. The second-order valence-corrected chi connectivity index (χ2v) is 4.64. The molecule has 2 aromatic rings. The fourth-order valence-electron chi connectivity index (χ4n) is 2.12. The van der Waals surface area contributed by atoms with Gasteiger partial charge in [0.1, 0.15) is 0 Å². The first-order valence-electron chi connectivity index (χ1n) is 6.71. The van der Waals surface area contributed by atoms with Crippen molar-refractivity contribution < 1.29 is 14.2 Å². The van der Waals surface area contributed by atoms with Gasteiger partial charge in [-0.15, -0.1) is 0 Å². The molecule has 6 heteroatoms. The van der Waals surface area contributed by atoms with Crippen LogP contribution < -0.4 is 19.5 Å². The number of nitrogens with one attached hydrogen (secondary N) is 2. The Bertz CT molecular complexity index is 545. The Morgan fingerprint density at radius 1 is 1.14 bits per heavy atom. The van der Waals surface area contributed by atoms with Gasteiger partial charge < -0.3 is 19.5 Å². The molecule has 2 rings (SSSR count). The molecule has 0 bridgehead atoms. The maximum Gasteiger partial charge on any atom is 0.203 e. The third kappa shape index (κ3) is 3.46. The Kier molecular flexibility index (Phi) is 5.05. The van der Waals surface area contributed by atoms with E-state index >= 15 is 0 Å². The van der Waals surface area contributed by atoms with Crippen LogP contribution in [0.25, 0.3) is 0 Å². The number of hydrogen-bond acceptors (Lipinski definition) is 5. The van der Waals surface area contributed by atoms with E-state index in [1.54, 1.807) is 27.5 Å². The molecule has 1 heterocycles. The SMILES string of the molecule is COc1cc(C(C)NCc2ccn[nH]2)cc(OC)c1OC. The van der Waals surface area contributed by atoms with Crippen LogP contribution in [-0.2, 0) is 6.54 Å². The van der Waals surface area contributed by atoms with Gasteiger partial charge in [0, 0.05) is 24.5 Å². The van der Waals surface area contributed by atoms with Gasteiger partial charge in [-0.05, 0) is 30.7 Å². The molecule has 0 radical (unpaired) electrons. The Balaban J connectivity index is 2.18. The van der Waals surface area contributed by atoms with Gasteiger partial charge in [0.25, 0.3) is 0 Å². The molecule has 0 aliphatic rings. The van der Waals surface area contributed by atoms with E-state index in [1.165, 1.54) is 0 Å². The minimum absolute atomic E-state index is 0.127. The molecule has 6 nitrogen and oxygen atoms in total. The van der Waals surface area contributed by atoms with Crippen molar-refractivity contribution in [1.29, 1.82) is 0 Å². The lowest BCUT2D eigenvalue weighted by atomic mass is 10.1. The number of aromatic nitrogens is 2. The van der Waals surface area contributed by atoms with Gasteiger partial charge in [0.05, 0.1) is 21.3 Å². The van der Waals surface area contributed by atoms with Crippen LogP contribution in [0, 0.1) is 0 Å². The molecule has 21 heavy (non-hydrogen) atoms. The fourth-order valence-corrected chi connectivity index (χ4v) is 2.12. The summed E-state index contributed by atoms with van der Waals surface area (Å²) in [6.07, 6.45) is 1.74. The van der Waals surface area contributed by atoms with Crippen LogP contribution in [0.4, 0.5) is 0 Å². The molecule has 0 aliphatic carbocycles. The summed E-state index contributed by atoms with van der Waals surface area (Å²) in [6, 6.07) is 5.97. The minimum Gasteiger partial charge on any atom is -0.493 e. The highest BCUT2D eigenvalue weighted by molar-refractivity contribution is 5.54. The number of ether oxygens (including phenoxy) is 3. The molecule has 1 unspecified atom stereocenters. The zero-order valence-corrected chi connectivity index (χ0v) is 12.8. The fraction of sp³-hybridized carbons (Fsp3) is 0.400. The predicted molar refractivity (Wildman–Crippen MR) is 79.9 cm³/mol. The summed E-state index contributed by atoms with van der Waals surface area (Å²) in [6.45, 7) is 2.79. The second-order valence-electron chi connectivity index (χ2n) is 4.64. The van der Waals surface area contributed by atoms with E-state index in [4.69, 9.17) is 14.2 Å². The highest BCUT2D eigenvalue weighted by atomic mass is 16.5. The lowest BCUT2D eigenvalue weighted by molar-refractivity contribution is 0.323. The van der Waals surface area contributed by atoms with Crippen molar-refractivity contribution in [3.05, 3.63) is 35.7 Å². The van der Waals surface area contributed by atoms with Gasteiger partial charge in [-0.2, -0.15) is 5.10 Å². The number of benzene rings is 1. The summed E-state index contributed by atoms with van der Waals surface area (Å²) in [5, 5.41) is 10.3. The molecule has 0 fully saturated rings. The van der Waals surface area contributed by atoms with Crippen LogP contribution in [-0.4, -0.2) is 31.5 Å². The largest absolute Gasteiger partial charge is 0.493 e. The van der Waals surface area contributed by atoms with Gasteiger partial charge in [0.15, 0.2) is 11.5 Å². The predicted octanol–water partition coefficient (Wildman–Crippen LogP) is 2.29. The van der Waals surface area contributed by atoms with Crippen LogP contribution >= 0.6 is 0 Å². The molecular weight excluding hydrogens is 270 g/mol. The molecule has 0 amide bonds. The van der Waals surface area contributed by atoms with Crippen molar-refractivity contribution in [2.45, 2.75) is 19.5 Å². The Hall–Kier alpha value is -2.21. The summed E-state index contributed by atoms with van der Waals surface area (Å²) in [7, 11) is 4.83. The number of nitrogens with zero attached hydrogens (tertiary/aromatic N) is 1. The van der Waals surface area contributed by atoms with Crippen LogP contribution in [0.2, 0.25) is 0 Å². The van der Waals surface area contributed by atoms with Crippen molar-refractivity contribution in [3.8, 4) is 17.2 Å². The molecule has 1 atom stereocenters. The highest BCUT2D eigenvalue weighted by Gasteiger charge is 2.16. The first kappa shape index (κ1) is 15.2. The van der Waals surface area contributed by atoms with Crippen molar-refractivity contribution in [3.63, 3.8) is 0 Å². The van der Waals surface area contributed by atoms with E-state index < -0.39 is 0 Å². The summed E-state index contributed by atoms with van der Waals surface area (Å²) < 4.78 is 16.1. The molecule has 1 aromatic heterocycles. The Morgan fingerprint density at radius 3 is 2.29 bits per heavy atom. The standard InChI is InChI=1S/C15H21N3O3/c1-10(16-9-12-5-6-17-18-12)11-7-13(19-2)15(21-4)14(8-11)20-3/h5-8,10,16H,9H2,1-4H3,(H,17,18). The van der Waals surface area contributed by atoms with E-state index in [-0.39, 0.29) is 6.04 Å². The van der Waals surface area contributed by atoms with Crippen LogP contribution in [0.5, 0.6) is 17.2 Å². The van der Waals surface area contributed by atoms with Crippen LogP contribution in [0.15, 0.2) is 24.4 Å². The zero-order valence-electron chi connectivity index (χ0n) is 12.8. The first-order chi connectivity index (χ1) is 10.2. The van der Waals surface area contributed by atoms with E-state index in [0.29, 0.717) is 23.8 Å². The Labute approximate surface area is 124 Å². The number of methoxy groups -OCH3 is 3. The summed E-state index contributed by atoms with van der Waals surface area (Å²) in [5.41, 5.74) is 2.10. The van der Waals surface area contributed by atoms with Crippen LogP contribution in [0.1, 0.15) is 24.2 Å². The third-order valence-electron chi connectivity index (χ3n) is 3.34. The summed E-state index contributed by atoms with van der Waals surface area (Å²) >= 11 is 0. The molecule has 114 valence electrons. The van der Waals surface area contributed by atoms with Gasteiger partial charge in [-0.3, -0.25) is 5.10 Å². The van der Waals surface area contributed by atoms with Gasteiger partial charge in [0.2, 0.25) is 5.75 Å². The number of hydrogen-bond donors (Lipinski definition) is 2. The zero-order chi connectivity index (χ0) is 15.2. The normalized spacial score (nSPS) is 12.0. The van der Waals surface area contributed by atoms with E-state index in [9.17, 15) is 0 Å². The number of H-pyrrole nitrogens is 1. The number of rotatable bonds is 7. The molecule has 0 aliphatic heterocycles. The smallest absolute Gasteiger partial charge is 0.203 e. The lowest BCUT2D eigenvalue weighted by Gasteiger charge is -2.18. The van der Waals surface area contributed by atoms with Crippen molar-refractivity contribution >= 4 is 0 Å². The molecule has 0 saturated carbocycles. The number of aromatic amines is 1. The minimum atomic E-state index is 0.127. The van der Waals surface area contributed by atoms with Crippen LogP contribution in [0.3, 0.4) is 0 Å². The molecular formula is C15H21N3O3. The average Bonchev–Trinajstić information content (AvgIpc) is 3.04. The monoisotopic (exact) mass is 291 g/mol. The maximum atomic E-state index is 5.37. The maximum absolute atomic E-state index is 5.37. The topological polar surface area (TPSA) is 68.4 Å².